The van der Waals surface area contributed by atoms with E-state index in [0.717, 1.165) is 32.5 Å². The van der Waals surface area contributed by atoms with Crippen LogP contribution in [0.1, 0.15) is 23.2 Å². The first kappa shape index (κ1) is 15.0. The maximum atomic E-state index is 12.5. The molecule has 120 valence electrons. The summed E-state index contributed by atoms with van der Waals surface area (Å²) in [5.41, 5.74) is 0.393. The average molecular weight is 305 g/mol. The second-order valence-corrected chi connectivity index (χ2v) is 6.21. The Morgan fingerprint density at radius 3 is 2.68 bits per heavy atom. The van der Waals surface area contributed by atoms with Gasteiger partial charge in [0.05, 0.1) is 7.11 Å². The van der Waals surface area contributed by atoms with E-state index in [1.807, 2.05) is 14.1 Å². The Morgan fingerprint density at radius 1 is 1.41 bits per heavy atom. The molecule has 7 nitrogen and oxygen atoms in total. The lowest BCUT2D eigenvalue weighted by Gasteiger charge is -2.44. The van der Waals surface area contributed by atoms with E-state index in [1.54, 1.807) is 4.90 Å². The predicted molar refractivity (Wildman–Crippen MR) is 83.3 cm³/mol. The number of rotatable bonds is 4. The molecule has 1 aromatic rings. The van der Waals surface area contributed by atoms with Gasteiger partial charge in [-0.25, -0.2) is 4.98 Å². The van der Waals surface area contributed by atoms with Gasteiger partial charge in [-0.05, 0) is 31.8 Å². The Labute approximate surface area is 130 Å². The number of aromatic nitrogens is 2. The van der Waals surface area contributed by atoms with Crippen molar-refractivity contribution in [1.82, 2.24) is 20.2 Å². The van der Waals surface area contributed by atoms with E-state index in [1.165, 1.54) is 13.3 Å². The molecule has 4 heterocycles. The molecule has 3 aliphatic rings. The summed E-state index contributed by atoms with van der Waals surface area (Å²) < 4.78 is 5.26. The summed E-state index contributed by atoms with van der Waals surface area (Å²) in [6, 6.07) is 0.216. The molecule has 3 fully saturated rings. The second-order valence-electron chi connectivity index (χ2n) is 6.21. The molecule has 4 rings (SSSR count). The van der Waals surface area contributed by atoms with E-state index in [9.17, 15) is 4.79 Å². The van der Waals surface area contributed by atoms with Crippen molar-refractivity contribution < 1.29 is 9.53 Å². The third-order valence-electron chi connectivity index (χ3n) is 4.55. The van der Waals surface area contributed by atoms with Gasteiger partial charge in [-0.1, -0.05) is 0 Å². The zero-order chi connectivity index (χ0) is 15.7. The Kier molecular flexibility index (Phi) is 4.15. The highest BCUT2D eigenvalue weighted by atomic mass is 16.5. The molecule has 0 aromatic carbocycles. The molecule has 7 heteroatoms. The van der Waals surface area contributed by atoms with Crippen LogP contribution in [0.3, 0.4) is 0 Å². The van der Waals surface area contributed by atoms with E-state index < -0.39 is 0 Å². The van der Waals surface area contributed by atoms with Gasteiger partial charge in [0.15, 0.2) is 0 Å². The van der Waals surface area contributed by atoms with Gasteiger partial charge in [0.1, 0.15) is 5.56 Å². The fourth-order valence-corrected chi connectivity index (χ4v) is 3.26. The first-order valence-corrected chi connectivity index (χ1v) is 7.70. The van der Waals surface area contributed by atoms with Gasteiger partial charge in [-0.3, -0.25) is 4.79 Å². The summed E-state index contributed by atoms with van der Waals surface area (Å²) in [4.78, 5) is 25.2. The maximum absolute atomic E-state index is 12.5. The minimum atomic E-state index is -0.152. The van der Waals surface area contributed by atoms with Crippen molar-refractivity contribution in [2.24, 2.45) is 5.92 Å². The molecular formula is C15H23N5O2. The Hall–Kier alpha value is -1.89. The fourth-order valence-electron chi connectivity index (χ4n) is 3.26. The minimum Gasteiger partial charge on any atom is -0.480 e. The highest BCUT2D eigenvalue weighted by Crippen LogP contribution is 2.28. The Morgan fingerprint density at radius 2 is 2.14 bits per heavy atom. The van der Waals surface area contributed by atoms with Gasteiger partial charge in [0, 0.05) is 32.9 Å². The number of carbonyl (C=O) groups excluding carboxylic acids is 1. The van der Waals surface area contributed by atoms with Crippen LogP contribution in [0.5, 0.6) is 5.88 Å². The number of piperidine rings is 3. The van der Waals surface area contributed by atoms with Crippen molar-refractivity contribution >= 4 is 11.9 Å². The van der Waals surface area contributed by atoms with Crippen molar-refractivity contribution in [1.29, 1.82) is 0 Å². The predicted octanol–water partition coefficient (Wildman–Crippen LogP) is 0.375. The molecular weight excluding hydrogens is 282 g/mol. The molecule has 0 aliphatic carbocycles. The SMILES string of the molecule is COc1nc(N(C)C)ncc1C(=O)NC1CN2CCC1CC2. The second kappa shape index (κ2) is 6.08. The molecule has 3 saturated heterocycles. The molecule has 1 amide bonds. The van der Waals surface area contributed by atoms with E-state index >= 15 is 0 Å². The van der Waals surface area contributed by atoms with E-state index in [-0.39, 0.29) is 11.9 Å². The molecule has 1 unspecified atom stereocenters. The Bertz CT molecular complexity index is 555. The van der Waals surface area contributed by atoms with Crippen LogP contribution in [0.4, 0.5) is 5.95 Å². The molecule has 22 heavy (non-hydrogen) atoms. The number of nitrogens with one attached hydrogen (secondary N) is 1. The van der Waals surface area contributed by atoms with Crippen molar-refractivity contribution in [2.45, 2.75) is 18.9 Å². The van der Waals surface area contributed by atoms with Crippen molar-refractivity contribution in [3.8, 4) is 5.88 Å². The van der Waals surface area contributed by atoms with Crippen LogP contribution in [0.15, 0.2) is 6.20 Å². The molecule has 2 bridgehead atoms. The lowest BCUT2D eigenvalue weighted by atomic mass is 9.84. The van der Waals surface area contributed by atoms with Crippen LogP contribution in [-0.2, 0) is 0 Å². The molecule has 0 saturated carbocycles. The van der Waals surface area contributed by atoms with Crippen molar-refractivity contribution in [3.05, 3.63) is 11.8 Å². The number of anilines is 1. The monoisotopic (exact) mass is 305 g/mol. The molecule has 1 atom stereocenters. The summed E-state index contributed by atoms with van der Waals surface area (Å²) in [6.07, 6.45) is 3.87. The molecule has 3 aliphatic heterocycles. The van der Waals surface area contributed by atoms with Gasteiger partial charge >= 0.3 is 0 Å². The van der Waals surface area contributed by atoms with Crippen LogP contribution in [0.2, 0.25) is 0 Å². The molecule has 0 spiro atoms. The van der Waals surface area contributed by atoms with Crippen molar-refractivity contribution in [3.63, 3.8) is 0 Å². The zero-order valence-electron chi connectivity index (χ0n) is 13.4. The summed E-state index contributed by atoms with van der Waals surface area (Å²) >= 11 is 0. The lowest BCUT2D eigenvalue weighted by Crippen LogP contribution is -2.57. The number of amides is 1. The van der Waals surface area contributed by atoms with Gasteiger partial charge in [-0.15, -0.1) is 0 Å². The standard InChI is InChI=1S/C15H23N5O2/c1-19(2)15-16-8-11(14(18-15)22-3)13(21)17-12-9-20-6-4-10(12)5-7-20/h8,10,12H,4-7,9H2,1-3H3,(H,17,21). The maximum Gasteiger partial charge on any atom is 0.258 e. The first-order chi connectivity index (χ1) is 10.6. The highest BCUT2D eigenvalue weighted by molar-refractivity contribution is 5.96. The number of carbonyl (C=O) groups is 1. The molecule has 1 N–H and O–H groups in total. The summed E-state index contributed by atoms with van der Waals surface area (Å²) in [6.45, 7) is 3.25. The van der Waals surface area contributed by atoms with Crippen LogP contribution < -0.4 is 15.0 Å². The summed E-state index contributed by atoms with van der Waals surface area (Å²) in [5, 5.41) is 3.14. The topological polar surface area (TPSA) is 70.6 Å². The van der Waals surface area contributed by atoms with Crippen LogP contribution in [0, 0.1) is 5.92 Å². The molecule has 1 aromatic heterocycles. The van der Waals surface area contributed by atoms with Gasteiger partial charge < -0.3 is 19.9 Å². The van der Waals surface area contributed by atoms with Gasteiger partial charge in [0.25, 0.3) is 5.91 Å². The van der Waals surface area contributed by atoms with Crippen LogP contribution in [0.25, 0.3) is 0 Å². The normalized spacial score (nSPS) is 26.6. The van der Waals surface area contributed by atoms with Gasteiger partial charge in [0.2, 0.25) is 11.8 Å². The van der Waals surface area contributed by atoms with E-state index in [4.69, 9.17) is 4.74 Å². The number of hydrogen-bond donors (Lipinski definition) is 1. The van der Waals surface area contributed by atoms with E-state index in [0.29, 0.717) is 23.3 Å². The lowest BCUT2D eigenvalue weighted by molar-refractivity contribution is 0.0618. The average Bonchev–Trinajstić information content (AvgIpc) is 2.55. The number of nitrogens with zero attached hydrogens (tertiary/aromatic N) is 4. The third kappa shape index (κ3) is 2.85. The van der Waals surface area contributed by atoms with E-state index in [2.05, 4.69) is 20.2 Å². The smallest absolute Gasteiger partial charge is 0.258 e. The number of hydrogen-bond acceptors (Lipinski definition) is 6. The van der Waals surface area contributed by atoms with Crippen molar-refractivity contribution in [2.75, 3.05) is 45.7 Å². The first-order valence-electron chi connectivity index (χ1n) is 7.70. The van der Waals surface area contributed by atoms with Gasteiger partial charge in [-0.2, -0.15) is 4.98 Å². The summed E-state index contributed by atoms with van der Waals surface area (Å²) in [5.74, 6) is 1.27. The fraction of sp³-hybridized carbons (Fsp3) is 0.667. The minimum absolute atomic E-state index is 0.152. The third-order valence-corrected chi connectivity index (χ3v) is 4.55. The van der Waals surface area contributed by atoms with Crippen LogP contribution >= 0.6 is 0 Å². The quantitative estimate of drug-likeness (QED) is 0.867. The highest BCUT2D eigenvalue weighted by Gasteiger charge is 2.35. The number of ether oxygens (including phenoxy) is 1. The summed E-state index contributed by atoms with van der Waals surface area (Å²) in [7, 11) is 5.22. The Balaban J connectivity index is 1.74. The largest absolute Gasteiger partial charge is 0.480 e. The van der Waals surface area contributed by atoms with Crippen LogP contribution in [-0.4, -0.2) is 67.7 Å². The number of methoxy groups -OCH3 is 1. The molecule has 0 radical (unpaired) electrons. The zero-order valence-corrected chi connectivity index (χ0v) is 13.4. The number of fused-ring (bicyclic) bond motifs is 3.